The highest BCUT2D eigenvalue weighted by molar-refractivity contribution is 5.41. The quantitative estimate of drug-likeness (QED) is 0.614. The van der Waals surface area contributed by atoms with Gasteiger partial charge in [0.1, 0.15) is 12.3 Å². The molecule has 0 bridgehead atoms. The van der Waals surface area contributed by atoms with E-state index in [-0.39, 0.29) is 6.42 Å². The second-order valence-corrected chi connectivity index (χ2v) is 4.70. The Kier molecular flexibility index (Phi) is 3.97. The predicted octanol–water partition coefficient (Wildman–Crippen LogP) is 0.391. The van der Waals surface area contributed by atoms with E-state index in [4.69, 9.17) is 5.11 Å². The van der Waals surface area contributed by atoms with Gasteiger partial charge in [0, 0.05) is 12.8 Å². The molecule has 2 rings (SSSR count). The third kappa shape index (κ3) is 2.54. The molecule has 0 heterocycles. The fraction of sp³-hybridized carbons (Fsp3) is 0.538. The third-order valence-electron chi connectivity index (χ3n) is 3.38. The van der Waals surface area contributed by atoms with Crippen LogP contribution in [0.2, 0.25) is 0 Å². The van der Waals surface area contributed by atoms with Gasteiger partial charge in [0.05, 0.1) is 18.8 Å². The Balaban J connectivity index is 2.01. The van der Waals surface area contributed by atoms with Crippen LogP contribution >= 0.6 is 0 Å². The smallest absolute Gasteiger partial charge is 0.129 e. The van der Waals surface area contributed by atoms with Crippen molar-refractivity contribution < 1.29 is 24.8 Å². The number of alkyl halides is 1. The molecule has 4 N–H and O–H groups in total. The summed E-state index contributed by atoms with van der Waals surface area (Å²) in [6, 6.07) is 4.97. The first kappa shape index (κ1) is 13.4. The minimum atomic E-state index is -1.26. The Labute approximate surface area is 104 Å². The minimum Gasteiger partial charge on any atom is -0.394 e. The second kappa shape index (κ2) is 5.32. The van der Waals surface area contributed by atoms with Gasteiger partial charge in [0.15, 0.2) is 0 Å². The van der Waals surface area contributed by atoms with Crippen LogP contribution < -0.4 is 0 Å². The van der Waals surface area contributed by atoms with E-state index in [0.717, 1.165) is 5.56 Å². The minimum absolute atomic E-state index is 0.0699. The zero-order valence-corrected chi connectivity index (χ0v) is 9.83. The maximum absolute atomic E-state index is 13.0. The number of rotatable bonds is 5. The van der Waals surface area contributed by atoms with Crippen LogP contribution in [0.3, 0.4) is 0 Å². The maximum atomic E-state index is 13.0. The van der Waals surface area contributed by atoms with Crippen molar-refractivity contribution in [1.82, 2.24) is 0 Å². The monoisotopic (exact) mass is 256 g/mol. The van der Waals surface area contributed by atoms with Gasteiger partial charge >= 0.3 is 0 Å². The van der Waals surface area contributed by atoms with Crippen LogP contribution in [0.15, 0.2) is 18.2 Å². The lowest BCUT2D eigenvalue weighted by molar-refractivity contribution is -0.0368. The van der Waals surface area contributed by atoms with Crippen LogP contribution in [0.25, 0.3) is 0 Å². The molecule has 4 atom stereocenters. The van der Waals surface area contributed by atoms with Gasteiger partial charge in [-0.3, -0.25) is 0 Å². The maximum Gasteiger partial charge on any atom is 0.129 e. The van der Waals surface area contributed by atoms with E-state index < -0.39 is 31.1 Å². The van der Waals surface area contributed by atoms with E-state index in [0.29, 0.717) is 17.5 Å². The molecule has 0 saturated carbocycles. The molecule has 4 unspecified atom stereocenters. The van der Waals surface area contributed by atoms with Crippen molar-refractivity contribution >= 4 is 0 Å². The van der Waals surface area contributed by atoms with Crippen LogP contribution in [0.1, 0.15) is 35.4 Å². The number of fused-ring (bicyclic) bond motifs is 1. The number of hydrogen-bond donors (Lipinski definition) is 4. The van der Waals surface area contributed by atoms with E-state index in [2.05, 4.69) is 0 Å². The van der Waals surface area contributed by atoms with Gasteiger partial charge in [-0.25, -0.2) is 4.39 Å². The number of benzene rings is 1. The summed E-state index contributed by atoms with van der Waals surface area (Å²) in [5, 5.41) is 37.3. The molecular weight excluding hydrogens is 239 g/mol. The first-order valence-corrected chi connectivity index (χ1v) is 5.94. The fourth-order valence-corrected chi connectivity index (χ4v) is 2.13. The van der Waals surface area contributed by atoms with Crippen molar-refractivity contribution in [2.75, 3.05) is 6.61 Å². The molecule has 0 aliphatic heterocycles. The van der Waals surface area contributed by atoms with Crippen LogP contribution in [0.5, 0.6) is 0 Å². The molecule has 5 heteroatoms. The molecule has 1 aliphatic carbocycles. The van der Waals surface area contributed by atoms with Gasteiger partial charge < -0.3 is 20.4 Å². The number of hydrogen-bond acceptors (Lipinski definition) is 4. The molecule has 0 spiro atoms. The molecule has 18 heavy (non-hydrogen) atoms. The van der Waals surface area contributed by atoms with Crippen LogP contribution in [-0.4, -0.2) is 39.2 Å². The van der Waals surface area contributed by atoms with Crippen molar-refractivity contribution in [3.8, 4) is 0 Å². The fourth-order valence-electron chi connectivity index (χ4n) is 2.13. The lowest BCUT2D eigenvalue weighted by Crippen LogP contribution is -2.30. The van der Waals surface area contributed by atoms with Gasteiger partial charge in [0.25, 0.3) is 0 Å². The van der Waals surface area contributed by atoms with E-state index in [1.54, 1.807) is 18.2 Å². The molecule has 100 valence electrons. The normalized spacial score (nSPS) is 22.8. The average Bonchev–Trinajstić information content (AvgIpc) is 2.35. The Bertz CT molecular complexity index is 423. The van der Waals surface area contributed by atoms with E-state index in [1.807, 2.05) is 0 Å². The standard InChI is InChI=1S/C13H17FO4/c14-10-4-8-3-7(1-2-9(8)10)11(16)5-12(17)13(18)6-15/h1-3,10-13,15-18H,4-6H2. The highest BCUT2D eigenvalue weighted by atomic mass is 19.1. The zero-order chi connectivity index (χ0) is 13.3. The molecule has 4 nitrogen and oxygen atoms in total. The molecule has 0 radical (unpaired) electrons. The average molecular weight is 256 g/mol. The highest BCUT2D eigenvalue weighted by Gasteiger charge is 2.27. The summed E-state index contributed by atoms with van der Waals surface area (Å²) in [6.45, 7) is -0.554. The van der Waals surface area contributed by atoms with Crippen molar-refractivity contribution in [1.29, 1.82) is 0 Å². The molecule has 1 aromatic rings. The summed E-state index contributed by atoms with van der Waals surface area (Å²) < 4.78 is 13.0. The molecule has 1 aromatic carbocycles. The second-order valence-electron chi connectivity index (χ2n) is 4.70. The summed E-state index contributed by atoms with van der Waals surface area (Å²) in [6.07, 6.45) is -4.01. The van der Waals surface area contributed by atoms with Crippen molar-refractivity contribution in [2.45, 2.75) is 37.3 Å². The van der Waals surface area contributed by atoms with Crippen molar-refractivity contribution in [3.05, 3.63) is 34.9 Å². The van der Waals surface area contributed by atoms with Crippen molar-refractivity contribution in [2.24, 2.45) is 0 Å². The lowest BCUT2D eigenvalue weighted by atomic mass is 9.84. The summed E-state index contributed by atoms with van der Waals surface area (Å²) in [5.74, 6) is 0. The van der Waals surface area contributed by atoms with Crippen LogP contribution in [0.4, 0.5) is 4.39 Å². The Hall–Kier alpha value is -1.01. The van der Waals surface area contributed by atoms with Gasteiger partial charge in [-0.1, -0.05) is 18.2 Å². The van der Waals surface area contributed by atoms with E-state index >= 15 is 0 Å². The van der Waals surface area contributed by atoms with Gasteiger partial charge in [-0.05, 0) is 16.7 Å². The topological polar surface area (TPSA) is 80.9 Å². The van der Waals surface area contributed by atoms with Crippen LogP contribution in [0, 0.1) is 0 Å². The first-order chi connectivity index (χ1) is 8.52. The molecular formula is C13H17FO4. The van der Waals surface area contributed by atoms with Gasteiger partial charge in [-0.2, -0.15) is 0 Å². The Morgan fingerprint density at radius 1 is 1.22 bits per heavy atom. The largest absolute Gasteiger partial charge is 0.394 e. The van der Waals surface area contributed by atoms with E-state index in [1.165, 1.54) is 0 Å². The lowest BCUT2D eigenvalue weighted by Gasteiger charge is -2.26. The summed E-state index contributed by atoms with van der Waals surface area (Å²) in [7, 11) is 0. The summed E-state index contributed by atoms with van der Waals surface area (Å²) >= 11 is 0. The number of halogens is 1. The predicted molar refractivity (Wildman–Crippen MR) is 62.7 cm³/mol. The zero-order valence-electron chi connectivity index (χ0n) is 9.83. The SMILES string of the molecule is OCC(O)C(O)CC(O)c1ccc2c(c1)CC2F. The molecule has 0 aromatic heterocycles. The number of aliphatic hydroxyl groups excluding tert-OH is 4. The molecule has 0 amide bonds. The molecule has 0 saturated heterocycles. The van der Waals surface area contributed by atoms with Crippen LogP contribution in [-0.2, 0) is 6.42 Å². The summed E-state index contributed by atoms with van der Waals surface area (Å²) in [5.41, 5.74) is 2.11. The third-order valence-corrected chi connectivity index (χ3v) is 3.38. The Morgan fingerprint density at radius 2 is 1.94 bits per heavy atom. The highest BCUT2D eigenvalue weighted by Crippen LogP contribution is 2.37. The summed E-state index contributed by atoms with van der Waals surface area (Å²) in [4.78, 5) is 0. The van der Waals surface area contributed by atoms with Gasteiger partial charge in [0.2, 0.25) is 0 Å². The molecule has 0 fully saturated rings. The van der Waals surface area contributed by atoms with Crippen molar-refractivity contribution in [3.63, 3.8) is 0 Å². The van der Waals surface area contributed by atoms with Gasteiger partial charge in [-0.15, -0.1) is 0 Å². The first-order valence-electron chi connectivity index (χ1n) is 5.94. The molecule has 1 aliphatic rings. The Morgan fingerprint density at radius 3 is 2.50 bits per heavy atom. The number of aliphatic hydroxyl groups is 4. The van der Waals surface area contributed by atoms with E-state index in [9.17, 15) is 19.7 Å².